The quantitative estimate of drug-likeness (QED) is 0.742. The Labute approximate surface area is 105 Å². The zero-order valence-corrected chi connectivity index (χ0v) is 9.95. The lowest BCUT2D eigenvalue weighted by molar-refractivity contribution is 0.0973. The fourth-order valence-electron chi connectivity index (χ4n) is 2.40. The molecule has 0 bridgehead atoms. The van der Waals surface area contributed by atoms with E-state index in [2.05, 4.69) is 0 Å². The van der Waals surface area contributed by atoms with E-state index in [1.165, 1.54) is 0 Å². The van der Waals surface area contributed by atoms with E-state index >= 15 is 0 Å². The van der Waals surface area contributed by atoms with E-state index in [0.717, 1.165) is 23.1 Å². The first kappa shape index (κ1) is 10.5. The first-order valence-electron chi connectivity index (χ1n) is 5.63. The highest BCUT2D eigenvalue weighted by atomic mass is 35.5. The van der Waals surface area contributed by atoms with Gasteiger partial charge in [-0.1, -0.05) is 48.0 Å². The highest BCUT2D eigenvalue weighted by Gasteiger charge is 2.30. The number of carbonyl (C=O) groups excluding carboxylic acids is 1. The molecule has 17 heavy (non-hydrogen) atoms. The number of rotatable bonds is 1. The van der Waals surface area contributed by atoms with E-state index in [-0.39, 0.29) is 11.7 Å². The number of benzene rings is 2. The van der Waals surface area contributed by atoms with Crippen molar-refractivity contribution in [2.45, 2.75) is 12.3 Å². The molecule has 0 saturated carbocycles. The minimum atomic E-state index is -0.0373. The first-order valence-corrected chi connectivity index (χ1v) is 6.01. The predicted molar refractivity (Wildman–Crippen MR) is 68.7 cm³/mol. The summed E-state index contributed by atoms with van der Waals surface area (Å²) in [6, 6.07) is 15.4. The first-order chi connectivity index (χ1) is 8.25. The van der Waals surface area contributed by atoms with E-state index in [4.69, 9.17) is 11.6 Å². The average molecular weight is 243 g/mol. The van der Waals surface area contributed by atoms with Crippen molar-refractivity contribution in [2.24, 2.45) is 0 Å². The smallest absolute Gasteiger partial charge is 0.170 e. The van der Waals surface area contributed by atoms with E-state index in [9.17, 15) is 4.79 Å². The molecule has 2 heteroatoms. The fourth-order valence-corrected chi connectivity index (χ4v) is 2.53. The summed E-state index contributed by atoms with van der Waals surface area (Å²) in [7, 11) is 0. The Balaban J connectivity index is 1.99. The highest BCUT2D eigenvalue weighted by Crippen LogP contribution is 2.34. The minimum Gasteiger partial charge on any atom is -0.293 e. The molecular weight excluding hydrogens is 232 g/mol. The molecule has 0 heterocycles. The van der Waals surface area contributed by atoms with Gasteiger partial charge in [-0.05, 0) is 29.7 Å². The number of carbonyl (C=O) groups is 1. The summed E-state index contributed by atoms with van der Waals surface area (Å²) in [5.41, 5.74) is 3.07. The maximum absolute atomic E-state index is 12.2. The average Bonchev–Trinajstić information content (AvgIpc) is 2.69. The van der Waals surface area contributed by atoms with Crippen molar-refractivity contribution in [3.05, 3.63) is 70.2 Å². The molecule has 0 amide bonds. The van der Waals surface area contributed by atoms with Gasteiger partial charge in [-0.15, -0.1) is 0 Å². The topological polar surface area (TPSA) is 17.1 Å². The van der Waals surface area contributed by atoms with Gasteiger partial charge in [0.1, 0.15) is 0 Å². The number of hydrogen-bond acceptors (Lipinski definition) is 1. The van der Waals surface area contributed by atoms with Crippen molar-refractivity contribution in [3.8, 4) is 0 Å². The third kappa shape index (κ3) is 1.77. The second-order valence-corrected chi connectivity index (χ2v) is 4.77. The number of halogens is 1. The van der Waals surface area contributed by atoms with Crippen LogP contribution in [-0.4, -0.2) is 5.78 Å². The van der Waals surface area contributed by atoms with Crippen molar-refractivity contribution < 1.29 is 4.79 Å². The Morgan fingerprint density at radius 1 is 1.00 bits per heavy atom. The van der Waals surface area contributed by atoms with Crippen molar-refractivity contribution in [3.63, 3.8) is 0 Å². The van der Waals surface area contributed by atoms with Crippen LogP contribution in [0.4, 0.5) is 0 Å². The summed E-state index contributed by atoms with van der Waals surface area (Å²) in [6.07, 6.45) is 0.802. The highest BCUT2D eigenvalue weighted by molar-refractivity contribution is 6.30. The van der Waals surface area contributed by atoms with Gasteiger partial charge in [0.25, 0.3) is 0 Å². The summed E-state index contributed by atoms with van der Waals surface area (Å²) in [6.45, 7) is 0. The summed E-state index contributed by atoms with van der Waals surface area (Å²) < 4.78 is 0. The zero-order valence-electron chi connectivity index (χ0n) is 9.19. The number of ketones is 1. The second-order valence-electron chi connectivity index (χ2n) is 4.33. The van der Waals surface area contributed by atoms with Crippen molar-refractivity contribution in [1.82, 2.24) is 0 Å². The molecule has 0 spiro atoms. The van der Waals surface area contributed by atoms with Gasteiger partial charge in [0.15, 0.2) is 5.78 Å². The maximum Gasteiger partial charge on any atom is 0.170 e. The largest absolute Gasteiger partial charge is 0.293 e. The van der Waals surface area contributed by atoms with Gasteiger partial charge >= 0.3 is 0 Å². The van der Waals surface area contributed by atoms with E-state index in [1.807, 2.05) is 48.5 Å². The van der Waals surface area contributed by atoms with Crippen molar-refractivity contribution in [2.75, 3.05) is 0 Å². The van der Waals surface area contributed by atoms with Gasteiger partial charge in [0, 0.05) is 10.6 Å². The lowest BCUT2D eigenvalue weighted by atomic mass is 9.95. The maximum atomic E-state index is 12.2. The Bertz CT molecular complexity index is 572. The number of hydrogen-bond donors (Lipinski definition) is 0. The third-order valence-corrected chi connectivity index (χ3v) is 3.55. The molecule has 1 aliphatic rings. The van der Waals surface area contributed by atoms with Gasteiger partial charge in [-0.3, -0.25) is 4.79 Å². The standard InChI is InChI=1S/C15H11ClO/c16-12-7-5-10(6-8-12)14-9-11-3-1-2-4-13(11)15(14)17/h1-8,14H,9H2. The molecule has 2 aromatic carbocycles. The van der Waals surface area contributed by atoms with Gasteiger partial charge in [0.05, 0.1) is 5.92 Å². The Hall–Kier alpha value is -1.60. The molecule has 0 N–H and O–H groups in total. The van der Waals surface area contributed by atoms with Crippen LogP contribution in [0.15, 0.2) is 48.5 Å². The molecule has 0 saturated heterocycles. The van der Waals surface area contributed by atoms with Crippen LogP contribution in [0.3, 0.4) is 0 Å². The lowest BCUT2D eigenvalue weighted by Crippen LogP contribution is -2.06. The molecule has 1 unspecified atom stereocenters. The van der Waals surface area contributed by atoms with Crippen molar-refractivity contribution in [1.29, 1.82) is 0 Å². The molecule has 0 fully saturated rings. The minimum absolute atomic E-state index is 0.0373. The van der Waals surface area contributed by atoms with Gasteiger partial charge < -0.3 is 0 Å². The Kier molecular flexibility index (Phi) is 2.49. The van der Waals surface area contributed by atoms with Crippen LogP contribution in [0, 0.1) is 0 Å². The van der Waals surface area contributed by atoms with Gasteiger partial charge in [-0.25, -0.2) is 0 Å². The second kappa shape index (κ2) is 4.01. The van der Waals surface area contributed by atoms with Crippen LogP contribution in [0.2, 0.25) is 5.02 Å². The molecule has 3 rings (SSSR count). The number of Topliss-reactive ketones (excluding diaryl/α,β-unsaturated/α-hetero) is 1. The van der Waals surface area contributed by atoms with E-state index in [1.54, 1.807) is 0 Å². The SMILES string of the molecule is O=C1c2ccccc2CC1c1ccc(Cl)cc1. The molecule has 0 aliphatic heterocycles. The van der Waals surface area contributed by atoms with Crippen LogP contribution in [0.1, 0.15) is 27.4 Å². The Morgan fingerprint density at radius 2 is 1.71 bits per heavy atom. The van der Waals surface area contributed by atoms with Gasteiger partial charge in [-0.2, -0.15) is 0 Å². The van der Waals surface area contributed by atoms with Crippen LogP contribution in [0.5, 0.6) is 0 Å². The van der Waals surface area contributed by atoms with Crippen molar-refractivity contribution >= 4 is 17.4 Å². The van der Waals surface area contributed by atoms with Crippen LogP contribution in [-0.2, 0) is 6.42 Å². The monoisotopic (exact) mass is 242 g/mol. The summed E-state index contributed by atoms with van der Waals surface area (Å²) in [5, 5.41) is 0.705. The fraction of sp³-hybridized carbons (Fsp3) is 0.133. The predicted octanol–water partition coefficient (Wildman–Crippen LogP) is 3.86. The van der Waals surface area contributed by atoms with Crippen LogP contribution in [0.25, 0.3) is 0 Å². The molecule has 1 atom stereocenters. The third-order valence-electron chi connectivity index (χ3n) is 3.30. The summed E-state index contributed by atoms with van der Waals surface area (Å²) in [4.78, 5) is 12.2. The normalized spacial score (nSPS) is 18.2. The lowest BCUT2D eigenvalue weighted by Gasteiger charge is -2.07. The van der Waals surface area contributed by atoms with Crippen LogP contribution < -0.4 is 0 Å². The summed E-state index contributed by atoms with van der Waals surface area (Å²) >= 11 is 5.86. The van der Waals surface area contributed by atoms with E-state index < -0.39 is 0 Å². The molecule has 0 radical (unpaired) electrons. The van der Waals surface area contributed by atoms with E-state index in [0.29, 0.717) is 5.02 Å². The molecule has 2 aromatic rings. The Morgan fingerprint density at radius 3 is 2.41 bits per heavy atom. The molecule has 1 aliphatic carbocycles. The van der Waals surface area contributed by atoms with Gasteiger partial charge in [0.2, 0.25) is 0 Å². The zero-order chi connectivity index (χ0) is 11.8. The summed E-state index contributed by atoms with van der Waals surface area (Å²) in [5.74, 6) is 0.188. The molecular formula is C15H11ClO. The van der Waals surface area contributed by atoms with Crippen LogP contribution >= 0.6 is 11.6 Å². The molecule has 0 aromatic heterocycles. The number of fused-ring (bicyclic) bond motifs is 1. The molecule has 84 valence electrons. The molecule has 1 nitrogen and oxygen atoms in total.